The molecule has 2 N–H and O–H groups in total. The summed E-state index contributed by atoms with van der Waals surface area (Å²) in [7, 11) is 0. The van der Waals surface area contributed by atoms with Crippen LogP contribution in [0.25, 0.3) is 5.78 Å². The monoisotopic (exact) mass is 664 g/mol. The molecule has 9 nitrogen and oxygen atoms in total. The van der Waals surface area contributed by atoms with E-state index in [-0.39, 0.29) is 41.5 Å². The van der Waals surface area contributed by atoms with Crippen molar-refractivity contribution in [2.45, 2.75) is 95.1 Å². The molecule has 0 saturated heterocycles. The summed E-state index contributed by atoms with van der Waals surface area (Å²) < 4.78 is 112. The number of nitrogens with zero attached hydrogens (tertiary/aromatic N) is 4. The fourth-order valence-electron chi connectivity index (χ4n) is 5.65. The highest BCUT2D eigenvalue weighted by molar-refractivity contribution is 5.95. The standard InChI is InChI=1S/C29H32F8N6O3/c1-15(29(35,36)37)12-22(44)40-23(16-2-3-16)20-7-11-43-13-21(39-26(43)38-20)24(17-4-8-27(30,31)9-5-17)41-25(45)18-14-46-42-19(18)6-10-28(32,33)34/h7,11,13-17,23-24H,2-6,8-10,12H2,1H3,(H,40,44)(H,41,45)/t15?,23?,24-/m0/s1. The largest absolute Gasteiger partial charge is 0.392 e. The minimum atomic E-state index is -4.52. The van der Waals surface area contributed by atoms with Crippen LogP contribution in [0.4, 0.5) is 35.1 Å². The zero-order valence-corrected chi connectivity index (χ0v) is 24.6. The summed E-state index contributed by atoms with van der Waals surface area (Å²) in [5.41, 5.74) is 0.203. The quantitative estimate of drug-likeness (QED) is 0.222. The first-order valence-electron chi connectivity index (χ1n) is 14.9. The second kappa shape index (κ2) is 12.8. The fourth-order valence-corrected chi connectivity index (χ4v) is 5.65. The van der Waals surface area contributed by atoms with E-state index in [9.17, 15) is 44.7 Å². The van der Waals surface area contributed by atoms with E-state index >= 15 is 0 Å². The Kier molecular flexibility index (Phi) is 9.33. The van der Waals surface area contributed by atoms with E-state index in [1.165, 1.54) is 10.6 Å². The molecule has 2 unspecified atom stereocenters. The van der Waals surface area contributed by atoms with E-state index in [1.54, 1.807) is 12.3 Å². The molecule has 3 aromatic rings. The second-order valence-corrected chi connectivity index (χ2v) is 12.2. The molecule has 46 heavy (non-hydrogen) atoms. The molecule has 0 bridgehead atoms. The molecule has 3 heterocycles. The summed E-state index contributed by atoms with van der Waals surface area (Å²) >= 11 is 0. The summed E-state index contributed by atoms with van der Waals surface area (Å²) in [6.07, 6.45) is -6.87. The molecular formula is C29H32F8N6O3. The van der Waals surface area contributed by atoms with Crippen LogP contribution in [0, 0.1) is 17.8 Å². The number of hydrogen-bond acceptors (Lipinski definition) is 6. The van der Waals surface area contributed by atoms with Gasteiger partial charge in [0.1, 0.15) is 11.8 Å². The number of amides is 2. The maximum absolute atomic E-state index is 14.0. The van der Waals surface area contributed by atoms with Crippen LogP contribution in [0.5, 0.6) is 0 Å². The zero-order valence-electron chi connectivity index (χ0n) is 24.6. The van der Waals surface area contributed by atoms with Crippen molar-refractivity contribution in [2.24, 2.45) is 17.8 Å². The highest BCUT2D eigenvalue weighted by atomic mass is 19.4. The lowest BCUT2D eigenvalue weighted by molar-refractivity contribution is -0.174. The highest BCUT2D eigenvalue weighted by Gasteiger charge is 2.41. The Labute approximate surface area is 257 Å². The van der Waals surface area contributed by atoms with Crippen LogP contribution in [0.1, 0.15) is 97.8 Å². The van der Waals surface area contributed by atoms with Gasteiger partial charge in [0.2, 0.25) is 17.6 Å². The van der Waals surface area contributed by atoms with Crippen molar-refractivity contribution in [1.82, 2.24) is 30.2 Å². The number of alkyl halides is 8. The summed E-state index contributed by atoms with van der Waals surface area (Å²) in [6, 6.07) is 0.00746. The smallest absolute Gasteiger partial charge is 0.364 e. The number of rotatable bonds is 11. The Hall–Kier alpha value is -3.79. The molecule has 5 rings (SSSR count). The Morgan fingerprint density at radius 1 is 1.00 bits per heavy atom. The molecule has 2 fully saturated rings. The summed E-state index contributed by atoms with van der Waals surface area (Å²) in [4.78, 5) is 34.8. The second-order valence-electron chi connectivity index (χ2n) is 12.2. The first kappa shape index (κ1) is 33.6. The average molecular weight is 665 g/mol. The van der Waals surface area contributed by atoms with Gasteiger partial charge in [0.15, 0.2) is 0 Å². The molecule has 0 radical (unpaired) electrons. The molecule has 252 valence electrons. The average Bonchev–Trinajstić information content (AvgIpc) is 3.53. The summed E-state index contributed by atoms with van der Waals surface area (Å²) in [6.45, 7) is 0.928. The van der Waals surface area contributed by atoms with Gasteiger partial charge in [-0.2, -0.15) is 26.3 Å². The molecule has 2 amide bonds. The predicted octanol–water partition coefficient (Wildman–Crippen LogP) is 6.66. The third-order valence-electron chi connectivity index (χ3n) is 8.52. The van der Waals surface area contributed by atoms with E-state index in [0.29, 0.717) is 5.69 Å². The number of hydrogen-bond donors (Lipinski definition) is 2. The Morgan fingerprint density at radius 2 is 1.63 bits per heavy atom. The van der Waals surface area contributed by atoms with Gasteiger partial charge >= 0.3 is 12.4 Å². The third kappa shape index (κ3) is 8.32. The van der Waals surface area contributed by atoms with Crippen molar-refractivity contribution in [3.8, 4) is 0 Å². The molecule has 2 aliphatic carbocycles. The number of carbonyl (C=O) groups is 2. The van der Waals surface area contributed by atoms with Crippen LogP contribution in [0.15, 0.2) is 29.2 Å². The molecule has 17 heteroatoms. The summed E-state index contributed by atoms with van der Waals surface area (Å²) in [5, 5.41) is 8.93. The van der Waals surface area contributed by atoms with E-state index in [2.05, 4.69) is 25.8 Å². The van der Waals surface area contributed by atoms with Crippen LogP contribution in [0.2, 0.25) is 0 Å². The summed E-state index contributed by atoms with van der Waals surface area (Å²) in [5.74, 6) is -6.68. The normalized spacial score (nSPS) is 19.5. The van der Waals surface area contributed by atoms with Crippen molar-refractivity contribution >= 4 is 17.6 Å². The number of aryl methyl sites for hydroxylation is 1. The van der Waals surface area contributed by atoms with Gasteiger partial charge in [-0.1, -0.05) is 12.1 Å². The Bertz CT molecular complexity index is 1540. The van der Waals surface area contributed by atoms with E-state index < -0.39 is 86.1 Å². The minimum absolute atomic E-state index is 0.0272. The van der Waals surface area contributed by atoms with Gasteiger partial charge < -0.3 is 15.2 Å². The number of fused-ring (bicyclic) bond motifs is 1. The Balaban J connectivity index is 1.39. The van der Waals surface area contributed by atoms with Gasteiger partial charge in [-0.25, -0.2) is 18.7 Å². The Morgan fingerprint density at radius 3 is 2.26 bits per heavy atom. The van der Waals surface area contributed by atoms with E-state index in [4.69, 9.17) is 4.52 Å². The van der Waals surface area contributed by atoms with E-state index in [0.717, 1.165) is 26.0 Å². The van der Waals surface area contributed by atoms with Crippen molar-refractivity contribution < 1.29 is 49.2 Å². The highest BCUT2D eigenvalue weighted by Crippen LogP contribution is 2.43. The number of halogens is 8. The van der Waals surface area contributed by atoms with Crippen LogP contribution in [0.3, 0.4) is 0 Å². The van der Waals surface area contributed by atoms with Crippen molar-refractivity contribution in [2.75, 3.05) is 0 Å². The van der Waals surface area contributed by atoms with Crippen LogP contribution in [-0.4, -0.2) is 49.6 Å². The maximum Gasteiger partial charge on any atom is 0.392 e. The minimum Gasteiger partial charge on any atom is -0.364 e. The number of nitrogens with one attached hydrogen (secondary N) is 2. The van der Waals surface area contributed by atoms with Gasteiger partial charge in [-0.15, -0.1) is 0 Å². The van der Waals surface area contributed by atoms with Gasteiger partial charge in [-0.3, -0.25) is 14.0 Å². The van der Waals surface area contributed by atoms with Gasteiger partial charge in [0.05, 0.1) is 35.1 Å². The number of imidazole rings is 1. The van der Waals surface area contributed by atoms with Gasteiger partial charge in [0, 0.05) is 44.5 Å². The van der Waals surface area contributed by atoms with Crippen molar-refractivity contribution in [3.05, 3.63) is 47.4 Å². The van der Waals surface area contributed by atoms with Crippen LogP contribution in [-0.2, 0) is 11.2 Å². The molecule has 3 aromatic heterocycles. The maximum atomic E-state index is 14.0. The number of carbonyl (C=O) groups excluding carboxylic acids is 2. The topological polar surface area (TPSA) is 114 Å². The van der Waals surface area contributed by atoms with Crippen molar-refractivity contribution in [3.63, 3.8) is 0 Å². The number of aromatic nitrogens is 4. The van der Waals surface area contributed by atoms with Crippen LogP contribution >= 0.6 is 0 Å². The molecular weight excluding hydrogens is 632 g/mol. The van der Waals surface area contributed by atoms with Gasteiger partial charge in [-0.05, 0) is 43.6 Å². The lowest BCUT2D eigenvalue weighted by Crippen LogP contribution is -2.37. The third-order valence-corrected chi connectivity index (χ3v) is 8.52. The van der Waals surface area contributed by atoms with Crippen LogP contribution < -0.4 is 10.6 Å². The predicted molar refractivity (Wildman–Crippen MR) is 144 cm³/mol. The molecule has 2 saturated carbocycles. The first-order chi connectivity index (χ1) is 21.5. The SMILES string of the molecule is CC(CC(=O)NC(c1ccn2cc([C@@H](NC(=O)c3conc3CCC(F)(F)F)C3CCC(F)(F)CC3)nc2n1)C1CC1)C(F)(F)F. The molecule has 0 spiro atoms. The fraction of sp³-hybridized carbons (Fsp3) is 0.621. The molecule has 0 aromatic carbocycles. The molecule has 2 aliphatic rings. The van der Waals surface area contributed by atoms with Gasteiger partial charge in [0.25, 0.3) is 5.91 Å². The molecule has 3 atom stereocenters. The first-order valence-corrected chi connectivity index (χ1v) is 14.9. The zero-order chi connectivity index (χ0) is 33.4. The van der Waals surface area contributed by atoms with Crippen molar-refractivity contribution in [1.29, 1.82) is 0 Å². The lowest BCUT2D eigenvalue weighted by atomic mass is 9.81. The lowest BCUT2D eigenvalue weighted by Gasteiger charge is -2.33. The van der Waals surface area contributed by atoms with E-state index in [1.807, 2.05) is 0 Å². The molecule has 0 aliphatic heterocycles.